The molecule has 1 saturated carbocycles. The fourth-order valence-corrected chi connectivity index (χ4v) is 3.34. The van der Waals surface area contributed by atoms with Crippen LogP contribution in [0, 0.1) is 11.8 Å². The summed E-state index contributed by atoms with van der Waals surface area (Å²) in [5, 5.41) is 3.72. The van der Waals surface area contributed by atoms with Crippen molar-refractivity contribution in [3.8, 4) is 0 Å². The number of rotatable bonds is 2. The first-order valence-electron chi connectivity index (χ1n) is 6.21. The molecule has 2 nitrogen and oxygen atoms in total. The molecule has 2 heteroatoms. The van der Waals surface area contributed by atoms with E-state index in [2.05, 4.69) is 31.0 Å². The van der Waals surface area contributed by atoms with E-state index < -0.39 is 0 Å². The number of nitrogens with one attached hydrogen (secondary N) is 1. The number of hydrogen-bond donors (Lipinski definition) is 1. The Kier molecular flexibility index (Phi) is 3.13. The van der Waals surface area contributed by atoms with Gasteiger partial charge in [-0.1, -0.05) is 27.2 Å². The van der Waals surface area contributed by atoms with Crippen LogP contribution >= 0.6 is 0 Å². The number of likely N-dealkylation sites (N-methyl/N-ethyl adjacent to an activating group) is 1. The maximum atomic E-state index is 3.72. The summed E-state index contributed by atoms with van der Waals surface area (Å²) in [5.41, 5.74) is 0. The first-order chi connectivity index (χ1) is 6.74. The predicted molar refractivity (Wildman–Crippen MR) is 60.1 cm³/mol. The van der Waals surface area contributed by atoms with E-state index in [0.29, 0.717) is 0 Å². The van der Waals surface area contributed by atoms with Crippen molar-refractivity contribution < 1.29 is 0 Å². The van der Waals surface area contributed by atoms with Crippen LogP contribution in [0.1, 0.15) is 40.0 Å². The maximum absolute atomic E-state index is 3.72. The van der Waals surface area contributed by atoms with Gasteiger partial charge in [-0.05, 0) is 31.2 Å². The van der Waals surface area contributed by atoms with Gasteiger partial charge < -0.3 is 0 Å². The van der Waals surface area contributed by atoms with Crippen molar-refractivity contribution >= 4 is 0 Å². The molecule has 1 aliphatic heterocycles. The molecule has 1 N–H and O–H groups in total. The molecule has 1 aliphatic carbocycles. The summed E-state index contributed by atoms with van der Waals surface area (Å²) in [7, 11) is 0. The van der Waals surface area contributed by atoms with Crippen molar-refractivity contribution in [3.63, 3.8) is 0 Å². The SMILES string of the molecule is CCN1CNC2C(C(C)C)CCCC21. The highest BCUT2D eigenvalue weighted by Gasteiger charge is 2.41. The van der Waals surface area contributed by atoms with Crippen molar-refractivity contribution in [1.82, 2.24) is 10.2 Å². The lowest BCUT2D eigenvalue weighted by Crippen LogP contribution is -2.46. The zero-order chi connectivity index (χ0) is 10.1. The number of fused-ring (bicyclic) bond motifs is 1. The molecule has 2 fully saturated rings. The number of hydrogen-bond acceptors (Lipinski definition) is 2. The normalized spacial score (nSPS) is 39.0. The Balaban J connectivity index is 2.05. The zero-order valence-corrected chi connectivity index (χ0v) is 9.79. The van der Waals surface area contributed by atoms with E-state index in [-0.39, 0.29) is 0 Å². The Labute approximate surface area is 88.1 Å². The van der Waals surface area contributed by atoms with Gasteiger partial charge in [0.2, 0.25) is 0 Å². The summed E-state index contributed by atoms with van der Waals surface area (Å²) in [4.78, 5) is 2.61. The second-order valence-corrected chi connectivity index (χ2v) is 5.20. The minimum Gasteiger partial charge on any atom is -0.300 e. The molecule has 82 valence electrons. The molecule has 0 radical (unpaired) electrons. The summed E-state index contributed by atoms with van der Waals surface area (Å²) in [5.74, 6) is 1.75. The maximum Gasteiger partial charge on any atom is 0.0486 e. The lowest BCUT2D eigenvalue weighted by molar-refractivity contribution is 0.152. The largest absolute Gasteiger partial charge is 0.300 e. The van der Waals surface area contributed by atoms with Gasteiger partial charge in [-0.3, -0.25) is 10.2 Å². The zero-order valence-electron chi connectivity index (χ0n) is 9.79. The first-order valence-corrected chi connectivity index (χ1v) is 6.21. The molecule has 0 aromatic heterocycles. The molecule has 0 aromatic carbocycles. The number of nitrogens with zero attached hydrogens (tertiary/aromatic N) is 1. The van der Waals surface area contributed by atoms with Crippen LogP contribution in [0.4, 0.5) is 0 Å². The van der Waals surface area contributed by atoms with E-state index in [9.17, 15) is 0 Å². The first kappa shape index (κ1) is 10.4. The van der Waals surface area contributed by atoms with Gasteiger partial charge in [-0.15, -0.1) is 0 Å². The summed E-state index contributed by atoms with van der Waals surface area (Å²) in [6.45, 7) is 9.36. The Morgan fingerprint density at radius 3 is 2.79 bits per heavy atom. The van der Waals surface area contributed by atoms with Crippen molar-refractivity contribution in [2.24, 2.45) is 11.8 Å². The Bertz CT molecular complexity index is 191. The van der Waals surface area contributed by atoms with Crippen molar-refractivity contribution in [1.29, 1.82) is 0 Å². The second-order valence-electron chi connectivity index (χ2n) is 5.20. The summed E-state index contributed by atoms with van der Waals surface area (Å²) < 4.78 is 0. The van der Waals surface area contributed by atoms with Crippen LogP contribution in [-0.4, -0.2) is 30.2 Å². The van der Waals surface area contributed by atoms with Gasteiger partial charge in [-0.2, -0.15) is 0 Å². The van der Waals surface area contributed by atoms with Gasteiger partial charge >= 0.3 is 0 Å². The van der Waals surface area contributed by atoms with Crippen LogP contribution in [0.25, 0.3) is 0 Å². The van der Waals surface area contributed by atoms with Gasteiger partial charge in [0.05, 0.1) is 0 Å². The molecule has 0 aromatic rings. The highest BCUT2D eigenvalue weighted by atomic mass is 15.3. The Morgan fingerprint density at radius 1 is 1.36 bits per heavy atom. The van der Waals surface area contributed by atoms with Crippen molar-refractivity contribution in [2.45, 2.75) is 52.1 Å². The molecule has 3 atom stereocenters. The minimum atomic E-state index is 0.781. The van der Waals surface area contributed by atoms with E-state index in [0.717, 1.165) is 30.6 Å². The summed E-state index contributed by atoms with van der Waals surface area (Å²) >= 11 is 0. The minimum absolute atomic E-state index is 0.781. The molecule has 1 saturated heterocycles. The van der Waals surface area contributed by atoms with Crippen LogP contribution in [0.3, 0.4) is 0 Å². The van der Waals surface area contributed by atoms with E-state index in [4.69, 9.17) is 0 Å². The van der Waals surface area contributed by atoms with Gasteiger partial charge in [0, 0.05) is 18.8 Å². The van der Waals surface area contributed by atoms with E-state index >= 15 is 0 Å². The lowest BCUT2D eigenvalue weighted by Gasteiger charge is -2.38. The van der Waals surface area contributed by atoms with E-state index in [1.165, 1.54) is 25.8 Å². The molecule has 1 heterocycles. The molecular formula is C12H24N2. The average molecular weight is 196 g/mol. The van der Waals surface area contributed by atoms with Crippen LogP contribution in [-0.2, 0) is 0 Å². The Hall–Kier alpha value is -0.0800. The third-order valence-corrected chi connectivity index (χ3v) is 4.17. The summed E-state index contributed by atoms with van der Waals surface area (Å²) in [6.07, 6.45) is 4.28. The topological polar surface area (TPSA) is 15.3 Å². The second kappa shape index (κ2) is 4.19. The van der Waals surface area contributed by atoms with Crippen LogP contribution in [0.2, 0.25) is 0 Å². The van der Waals surface area contributed by atoms with Crippen LogP contribution in [0.5, 0.6) is 0 Å². The molecule has 0 amide bonds. The smallest absolute Gasteiger partial charge is 0.0486 e. The Morgan fingerprint density at radius 2 is 2.14 bits per heavy atom. The highest BCUT2D eigenvalue weighted by Crippen LogP contribution is 2.35. The van der Waals surface area contributed by atoms with Gasteiger partial charge in [0.1, 0.15) is 0 Å². The van der Waals surface area contributed by atoms with Gasteiger partial charge in [0.15, 0.2) is 0 Å². The fraction of sp³-hybridized carbons (Fsp3) is 1.00. The average Bonchev–Trinajstić information content (AvgIpc) is 2.59. The summed E-state index contributed by atoms with van der Waals surface area (Å²) in [6, 6.07) is 1.62. The van der Waals surface area contributed by atoms with Crippen molar-refractivity contribution in [3.05, 3.63) is 0 Å². The van der Waals surface area contributed by atoms with E-state index in [1.54, 1.807) is 0 Å². The van der Waals surface area contributed by atoms with Crippen molar-refractivity contribution in [2.75, 3.05) is 13.2 Å². The molecule has 0 spiro atoms. The molecule has 14 heavy (non-hydrogen) atoms. The van der Waals surface area contributed by atoms with Gasteiger partial charge in [-0.25, -0.2) is 0 Å². The lowest BCUT2D eigenvalue weighted by atomic mass is 9.75. The molecule has 3 unspecified atom stereocenters. The standard InChI is InChI=1S/C12H24N2/c1-4-14-8-13-12-10(9(2)3)6-5-7-11(12)14/h9-13H,4-8H2,1-3H3. The molecular weight excluding hydrogens is 172 g/mol. The third-order valence-electron chi connectivity index (χ3n) is 4.17. The quantitative estimate of drug-likeness (QED) is 0.727. The van der Waals surface area contributed by atoms with Crippen LogP contribution in [0.15, 0.2) is 0 Å². The van der Waals surface area contributed by atoms with E-state index in [1.807, 2.05) is 0 Å². The fourth-order valence-electron chi connectivity index (χ4n) is 3.34. The third kappa shape index (κ3) is 1.70. The van der Waals surface area contributed by atoms with Crippen LogP contribution < -0.4 is 5.32 Å². The van der Waals surface area contributed by atoms with Gasteiger partial charge in [0.25, 0.3) is 0 Å². The monoisotopic (exact) mass is 196 g/mol. The molecule has 0 bridgehead atoms. The molecule has 2 rings (SSSR count). The molecule has 2 aliphatic rings. The highest BCUT2D eigenvalue weighted by molar-refractivity contribution is 4.97. The predicted octanol–water partition coefficient (Wildman–Crippen LogP) is 2.06.